The van der Waals surface area contributed by atoms with Crippen LogP contribution in [0.1, 0.15) is 12.0 Å². The van der Waals surface area contributed by atoms with Gasteiger partial charge in [-0.15, -0.1) is 0 Å². The Kier molecular flexibility index (Phi) is 3.03. The maximum absolute atomic E-state index is 11.7. The molecule has 4 heteroatoms. The van der Waals surface area contributed by atoms with Gasteiger partial charge in [-0.3, -0.25) is 9.59 Å². The molecule has 1 atom stereocenters. The molecule has 0 amide bonds. The number of aliphatic hydroxyl groups is 1. The average Bonchev–Trinajstić information content (AvgIpc) is 2.23. The van der Waals surface area contributed by atoms with Gasteiger partial charge in [0.15, 0.2) is 11.6 Å². The molecule has 1 N–H and O–H groups in total. The first-order valence-electron chi connectivity index (χ1n) is 4.80. The van der Waals surface area contributed by atoms with Gasteiger partial charge in [-0.25, -0.2) is 0 Å². The Morgan fingerprint density at radius 1 is 1.31 bits per heavy atom. The van der Waals surface area contributed by atoms with Crippen LogP contribution in [0.3, 0.4) is 0 Å². The van der Waals surface area contributed by atoms with Gasteiger partial charge < -0.3 is 5.11 Å². The lowest BCUT2D eigenvalue weighted by molar-refractivity contribution is -0.128. The Hall–Kier alpha value is -1.26. The summed E-state index contributed by atoms with van der Waals surface area (Å²) in [5, 5.41) is 9.24. The molecule has 0 aliphatic heterocycles. The van der Waals surface area contributed by atoms with Crippen LogP contribution in [-0.4, -0.2) is 22.8 Å². The number of hydrogen-bond donors (Lipinski definition) is 1. The van der Waals surface area contributed by atoms with Crippen molar-refractivity contribution in [3.8, 4) is 0 Å². The van der Waals surface area contributed by atoms with Crippen molar-refractivity contribution in [2.45, 2.75) is 12.5 Å². The van der Waals surface area contributed by atoms with Crippen LogP contribution in [-0.2, 0) is 9.59 Å². The monoisotopic (exact) mass is 280 g/mol. The molecule has 1 aromatic carbocycles. The molecule has 0 saturated heterocycles. The van der Waals surface area contributed by atoms with Gasteiger partial charge in [0.25, 0.3) is 0 Å². The first kappa shape index (κ1) is 11.2. The molecule has 0 aromatic heterocycles. The first-order chi connectivity index (χ1) is 7.58. The fraction of sp³-hybridized carbons (Fsp3) is 0.167. The minimum absolute atomic E-state index is 0.128. The zero-order chi connectivity index (χ0) is 11.7. The third-order valence-corrected chi connectivity index (χ3v) is 2.92. The van der Waals surface area contributed by atoms with Crippen molar-refractivity contribution in [3.63, 3.8) is 0 Å². The van der Waals surface area contributed by atoms with Crippen molar-refractivity contribution in [2.75, 3.05) is 0 Å². The molecule has 2 rings (SSSR count). The molecule has 1 aliphatic rings. The number of Topliss-reactive ketones (excluding diaryl/α,β-unsaturated/α-hetero) is 1. The Balaban J connectivity index is 2.44. The summed E-state index contributed by atoms with van der Waals surface area (Å²) in [5.41, 5.74) is 1.07. The van der Waals surface area contributed by atoms with Crippen LogP contribution >= 0.6 is 15.9 Å². The third kappa shape index (κ3) is 2.13. The van der Waals surface area contributed by atoms with E-state index in [0.29, 0.717) is 11.1 Å². The lowest BCUT2D eigenvalue weighted by Crippen LogP contribution is -2.27. The van der Waals surface area contributed by atoms with Crippen LogP contribution in [0.25, 0.3) is 5.57 Å². The average molecular weight is 281 g/mol. The van der Waals surface area contributed by atoms with E-state index < -0.39 is 11.9 Å². The van der Waals surface area contributed by atoms with E-state index in [4.69, 9.17) is 0 Å². The van der Waals surface area contributed by atoms with Gasteiger partial charge in [0.1, 0.15) is 6.10 Å². The highest BCUT2D eigenvalue weighted by Gasteiger charge is 2.27. The number of carbonyl (C=O) groups excluding carboxylic acids is 2. The second-order valence-corrected chi connectivity index (χ2v) is 4.53. The van der Waals surface area contributed by atoms with Gasteiger partial charge >= 0.3 is 0 Å². The van der Waals surface area contributed by atoms with Gasteiger partial charge in [-0.1, -0.05) is 28.1 Å². The van der Waals surface area contributed by atoms with Crippen molar-refractivity contribution in [2.24, 2.45) is 0 Å². The Morgan fingerprint density at radius 3 is 2.75 bits per heavy atom. The highest BCUT2D eigenvalue weighted by atomic mass is 79.9. The number of halogens is 1. The lowest BCUT2D eigenvalue weighted by Gasteiger charge is -2.15. The fourth-order valence-electron chi connectivity index (χ4n) is 1.61. The summed E-state index contributed by atoms with van der Waals surface area (Å²) < 4.78 is 0.845. The summed E-state index contributed by atoms with van der Waals surface area (Å²) in [4.78, 5) is 23.0. The Bertz CT molecular complexity index is 491. The standard InChI is InChI=1S/C12H9BrO3/c13-8-3-1-2-7(4-8)9-5-11(15)12(16)6-10(9)14/h1-5,12,16H,6H2/t12-/m1/s1. The van der Waals surface area contributed by atoms with Gasteiger partial charge in [0, 0.05) is 16.5 Å². The molecule has 0 spiro atoms. The molecular formula is C12H9BrO3. The van der Waals surface area contributed by atoms with Crippen LogP contribution < -0.4 is 0 Å². The first-order valence-corrected chi connectivity index (χ1v) is 5.60. The number of allylic oxidation sites excluding steroid dienone is 1. The highest BCUT2D eigenvalue weighted by molar-refractivity contribution is 9.10. The van der Waals surface area contributed by atoms with Crippen LogP contribution in [0.15, 0.2) is 34.8 Å². The van der Waals surface area contributed by atoms with Gasteiger partial charge in [0.05, 0.1) is 0 Å². The molecule has 0 fully saturated rings. The highest BCUT2D eigenvalue weighted by Crippen LogP contribution is 2.24. The molecule has 3 nitrogen and oxygen atoms in total. The van der Waals surface area contributed by atoms with Crippen molar-refractivity contribution in [1.29, 1.82) is 0 Å². The second-order valence-electron chi connectivity index (χ2n) is 3.61. The Morgan fingerprint density at radius 2 is 2.06 bits per heavy atom. The molecule has 16 heavy (non-hydrogen) atoms. The number of hydrogen-bond acceptors (Lipinski definition) is 3. The normalized spacial score (nSPS) is 20.9. The smallest absolute Gasteiger partial charge is 0.185 e. The largest absolute Gasteiger partial charge is 0.384 e. The molecule has 0 heterocycles. The lowest BCUT2D eigenvalue weighted by atomic mass is 9.90. The minimum atomic E-state index is -1.18. The number of carbonyl (C=O) groups is 2. The maximum atomic E-state index is 11.7. The van der Waals surface area contributed by atoms with Gasteiger partial charge in [-0.2, -0.15) is 0 Å². The molecular weight excluding hydrogens is 272 g/mol. The van der Waals surface area contributed by atoms with Crippen molar-refractivity contribution >= 4 is 33.1 Å². The van der Waals surface area contributed by atoms with Crippen LogP contribution in [0.5, 0.6) is 0 Å². The van der Waals surface area contributed by atoms with E-state index >= 15 is 0 Å². The number of rotatable bonds is 1. The van der Waals surface area contributed by atoms with E-state index in [9.17, 15) is 14.7 Å². The van der Waals surface area contributed by atoms with E-state index in [2.05, 4.69) is 15.9 Å². The number of aliphatic hydroxyl groups excluding tert-OH is 1. The van der Waals surface area contributed by atoms with E-state index in [0.717, 1.165) is 4.47 Å². The van der Waals surface area contributed by atoms with Gasteiger partial charge in [0.2, 0.25) is 0 Å². The molecule has 82 valence electrons. The van der Waals surface area contributed by atoms with E-state index in [1.54, 1.807) is 18.2 Å². The predicted octanol–water partition coefficient (Wildman–Crippen LogP) is 1.74. The maximum Gasteiger partial charge on any atom is 0.185 e. The summed E-state index contributed by atoms with van der Waals surface area (Å²) >= 11 is 3.30. The zero-order valence-corrected chi connectivity index (χ0v) is 9.90. The number of benzene rings is 1. The van der Waals surface area contributed by atoms with Gasteiger partial charge in [-0.05, 0) is 23.8 Å². The molecule has 0 saturated carbocycles. The molecule has 1 aliphatic carbocycles. The molecule has 0 radical (unpaired) electrons. The topological polar surface area (TPSA) is 54.4 Å². The second kappa shape index (κ2) is 4.31. The van der Waals surface area contributed by atoms with Crippen LogP contribution in [0, 0.1) is 0 Å². The minimum Gasteiger partial charge on any atom is -0.384 e. The fourth-order valence-corrected chi connectivity index (χ4v) is 2.00. The molecule has 1 aromatic rings. The van der Waals surface area contributed by atoms with Crippen molar-refractivity contribution in [1.82, 2.24) is 0 Å². The quantitative estimate of drug-likeness (QED) is 0.853. The van der Waals surface area contributed by atoms with Crippen LogP contribution in [0.4, 0.5) is 0 Å². The number of ketones is 2. The van der Waals surface area contributed by atoms with E-state index in [1.807, 2.05) is 6.07 Å². The van der Waals surface area contributed by atoms with E-state index in [1.165, 1.54) is 6.08 Å². The van der Waals surface area contributed by atoms with Crippen molar-refractivity contribution < 1.29 is 14.7 Å². The van der Waals surface area contributed by atoms with E-state index in [-0.39, 0.29) is 12.2 Å². The molecule has 0 unspecified atom stereocenters. The predicted molar refractivity (Wildman–Crippen MR) is 62.8 cm³/mol. The summed E-state index contributed by atoms with van der Waals surface area (Å²) in [7, 11) is 0. The van der Waals surface area contributed by atoms with Crippen molar-refractivity contribution in [3.05, 3.63) is 40.4 Å². The third-order valence-electron chi connectivity index (χ3n) is 2.43. The summed E-state index contributed by atoms with van der Waals surface area (Å²) in [6, 6.07) is 7.17. The molecule has 0 bridgehead atoms. The van der Waals surface area contributed by atoms with Crippen LogP contribution in [0.2, 0.25) is 0 Å². The summed E-state index contributed by atoms with van der Waals surface area (Å²) in [5.74, 6) is -0.611. The Labute approximate surface area is 101 Å². The summed E-state index contributed by atoms with van der Waals surface area (Å²) in [6.07, 6.45) is -0.0847. The summed E-state index contributed by atoms with van der Waals surface area (Å²) in [6.45, 7) is 0. The SMILES string of the molecule is O=C1C[C@@H](O)C(=O)C=C1c1cccc(Br)c1. The zero-order valence-electron chi connectivity index (χ0n) is 8.31.